The molecule has 0 unspecified atom stereocenters. The number of anilines is 1. The van der Waals surface area contributed by atoms with Gasteiger partial charge in [0.15, 0.2) is 0 Å². The Balaban J connectivity index is 1.63. The van der Waals surface area contributed by atoms with Gasteiger partial charge in [0.25, 0.3) is 0 Å². The first-order chi connectivity index (χ1) is 8.84. The van der Waals surface area contributed by atoms with Gasteiger partial charge in [-0.2, -0.15) is 0 Å². The first kappa shape index (κ1) is 12.6. The number of rotatable bonds is 6. The summed E-state index contributed by atoms with van der Waals surface area (Å²) in [4.78, 5) is 12.5. The van der Waals surface area contributed by atoms with Crippen LogP contribution in [0.15, 0.2) is 47.8 Å². The number of benzene rings is 1. The van der Waals surface area contributed by atoms with Crippen molar-refractivity contribution in [2.45, 2.75) is 13.0 Å². The fraction of sp³-hybridized carbons (Fsp3) is 0.214. The number of hydrogen-bond acceptors (Lipinski definition) is 4. The summed E-state index contributed by atoms with van der Waals surface area (Å²) < 4.78 is 5.16. The quantitative estimate of drug-likeness (QED) is 0.811. The number of ether oxygens (including phenoxy) is 1. The first-order valence-corrected chi connectivity index (χ1v) is 6.69. The predicted octanol–water partition coefficient (Wildman–Crippen LogP) is 3.29. The van der Waals surface area contributed by atoms with Crippen LogP contribution in [0.4, 0.5) is 5.69 Å². The van der Waals surface area contributed by atoms with Crippen molar-refractivity contribution in [1.82, 2.24) is 0 Å². The van der Waals surface area contributed by atoms with E-state index in [1.807, 2.05) is 47.8 Å². The highest BCUT2D eigenvalue weighted by Gasteiger charge is 2.03. The third kappa shape index (κ3) is 4.22. The van der Waals surface area contributed by atoms with Crippen LogP contribution >= 0.6 is 11.3 Å². The van der Waals surface area contributed by atoms with Crippen molar-refractivity contribution in [3.8, 4) is 0 Å². The summed E-state index contributed by atoms with van der Waals surface area (Å²) in [6.07, 6.45) is 0.375. The molecule has 2 aromatic rings. The number of hydrogen-bond donors (Lipinski definition) is 1. The van der Waals surface area contributed by atoms with Crippen molar-refractivity contribution in [1.29, 1.82) is 0 Å². The maximum Gasteiger partial charge on any atom is 0.307 e. The third-order valence-electron chi connectivity index (χ3n) is 2.39. The molecule has 18 heavy (non-hydrogen) atoms. The minimum Gasteiger partial charge on any atom is -0.460 e. The van der Waals surface area contributed by atoms with E-state index in [0.29, 0.717) is 19.6 Å². The molecule has 0 saturated carbocycles. The predicted molar refractivity (Wildman–Crippen MR) is 73.7 cm³/mol. The summed E-state index contributed by atoms with van der Waals surface area (Å²) in [5.41, 5.74) is 1.02. The summed E-state index contributed by atoms with van der Waals surface area (Å²) in [6, 6.07) is 13.7. The average Bonchev–Trinajstić information content (AvgIpc) is 2.91. The van der Waals surface area contributed by atoms with E-state index in [1.54, 1.807) is 11.3 Å². The highest BCUT2D eigenvalue weighted by Crippen LogP contribution is 2.10. The molecule has 1 heterocycles. The largest absolute Gasteiger partial charge is 0.460 e. The Morgan fingerprint density at radius 1 is 1.17 bits per heavy atom. The average molecular weight is 261 g/mol. The third-order valence-corrected chi connectivity index (χ3v) is 3.24. The Bertz CT molecular complexity index is 468. The summed E-state index contributed by atoms with van der Waals surface area (Å²) in [5.74, 6) is -0.174. The lowest BCUT2D eigenvalue weighted by molar-refractivity contribution is -0.144. The smallest absolute Gasteiger partial charge is 0.307 e. The summed E-state index contributed by atoms with van der Waals surface area (Å²) >= 11 is 1.59. The van der Waals surface area contributed by atoms with Gasteiger partial charge in [0.2, 0.25) is 0 Å². The summed E-state index contributed by atoms with van der Waals surface area (Å²) in [6.45, 7) is 0.967. The molecular weight excluding hydrogens is 246 g/mol. The molecule has 94 valence electrons. The van der Waals surface area contributed by atoms with E-state index in [4.69, 9.17) is 4.74 Å². The molecule has 0 saturated heterocycles. The second kappa shape index (κ2) is 6.81. The fourth-order valence-electron chi connectivity index (χ4n) is 1.48. The van der Waals surface area contributed by atoms with Gasteiger partial charge in [-0.05, 0) is 23.6 Å². The van der Waals surface area contributed by atoms with Crippen LogP contribution in [0.25, 0.3) is 0 Å². The van der Waals surface area contributed by atoms with E-state index in [0.717, 1.165) is 10.6 Å². The molecule has 1 aromatic carbocycles. The highest BCUT2D eigenvalue weighted by molar-refractivity contribution is 7.09. The molecule has 0 aliphatic rings. The van der Waals surface area contributed by atoms with Gasteiger partial charge in [0, 0.05) is 17.1 Å². The number of carbonyl (C=O) groups is 1. The van der Waals surface area contributed by atoms with Gasteiger partial charge in [-0.25, -0.2) is 0 Å². The monoisotopic (exact) mass is 261 g/mol. The standard InChI is InChI=1S/C14H15NO2S/c16-14(17-11-13-7-4-10-18-13)8-9-15-12-5-2-1-3-6-12/h1-7,10,15H,8-9,11H2. The number of para-hydroxylation sites is 1. The van der Waals surface area contributed by atoms with Crippen LogP contribution in [0.2, 0.25) is 0 Å². The minimum atomic E-state index is -0.174. The Morgan fingerprint density at radius 2 is 2.00 bits per heavy atom. The SMILES string of the molecule is O=C(CCNc1ccccc1)OCc1cccs1. The lowest BCUT2D eigenvalue weighted by Gasteiger charge is -2.06. The van der Waals surface area contributed by atoms with E-state index in [-0.39, 0.29) is 5.97 Å². The maximum absolute atomic E-state index is 11.5. The lowest BCUT2D eigenvalue weighted by atomic mass is 10.3. The van der Waals surface area contributed by atoms with Crippen molar-refractivity contribution in [2.75, 3.05) is 11.9 Å². The molecule has 2 rings (SSSR count). The summed E-state index contributed by atoms with van der Waals surface area (Å²) in [5, 5.41) is 5.14. The van der Waals surface area contributed by atoms with Crippen LogP contribution in [0.5, 0.6) is 0 Å². The van der Waals surface area contributed by atoms with Crippen molar-refractivity contribution in [3.05, 3.63) is 52.7 Å². The van der Waals surface area contributed by atoms with Crippen LogP contribution in [-0.2, 0) is 16.1 Å². The zero-order valence-corrected chi connectivity index (χ0v) is 10.8. The van der Waals surface area contributed by atoms with Crippen molar-refractivity contribution < 1.29 is 9.53 Å². The number of carbonyl (C=O) groups excluding carboxylic acids is 1. The molecular formula is C14H15NO2S. The maximum atomic E-state index is 11.5. The van der Waals surface area contributed by atoms with Crippen LogP contribution in [0.1, 0.15) is 11.3 Å². The topological polar surface area (TPSA) is 38.3 Å². The first-order valence-electron chi connectivity index (χ1n) is 5.81. The zero-order valence-electron chi connectivity index (χ0n) is 9.96. The van der Waals surface area contributed by atoms with Gasteiger partial charge in [-0.15, -0.1) is 11.3 Å². The van der Waals surface area contributed by atoms with Gasteiger partial charge in [0.05, 0.1) is 6.42 Å². The molecule has 3 nitrogen and oxygen atoms in total. The van der Waals surface area contributed by atoms with E-state index in [1.165, 1.54) is 0 Å². The summed E-state index contributed by atoms with van der Waals surface area (Å²) in [7, 11) is 0. The minimum absolute atomic E-state index is 0.174. The van der Waals surface area contributed by atoms with Gasteiger partial charge in [-0.1, -0.05) is 24.3 Å². The Morgan fingerprint density at radius 3 is 2.72 bits per heavy atom. The van der Waals surface area contributed by atoms with Crippen LogP contribution in [0, 0.1) is 0 Å². The Labute approximate surface area is 110 Å². The normalized spacial score (nSPS) is 10.0. The lowest BCUT2D eigenvalue weighted by Crippen LogP contribution is -2.11. The molecule has 0 radical (unpaired) electrons. The molecule has 0 fully saturated rings. The van der Waals surface area contributed by atoms with Crippen LogP contribution < -0.4 is 5.32 Å². The van der Waals surface area contributed by atoms with Gasteiger partial charge in [-0.3, -0.25) is 4.79 Å². The fourth-order valence-corrected chi connectivity index (χ4v) is 2.10. The molecule has 0 aliphatic heterocycles. The molecule has 0 spiro atoms. The Hall–Kier alpha value is -1.81. The molecule has 1 aromatic heterocycles. The van der Waals surface area contributed by atoms with Crippen molar-refractivity contribution >= 4 is 23.0 Å². The Kier molecular flexibility index (Phi) is 4.78. The van der Waals surface area contributed by atoms with Gasteiger partial charge in [0.1, 0.15) is 6.61 Å². The molecule has 0 aliphatic carbocycles. The van der Waals surface area contributed by atoms with E-state index < -0.39 is 0 Å². The number of esters is 1. The molecule has 1 N–H and O–H groups in total. The molecule has 0 amide bonds. The van der Waals surface area contributed by atoms with E-state index >= 15 is 0 Å². The van der Waals surface area contributed by atoms with E-state index in [2.05, 4.69) is 5.32 Å². The van der Waals surface area contributed by atoms with Gasteiger partial charge >= 0.3 is 5.97 Å². The van der Waals surface area contributed by atoms with Crippen LogP contribution in [0.3, 0.4) is 0 Å². The number of thiophene rings is 1. The van der Waals surface area contributed by atoms with E-state index in [9.17, 15) is 4.79 Å². The zero-order chi connectivity index (χ0) is 12.6. The molecule has 0 atom stereocenters. The van der Waals surface area contributed by atoms with Gasteiger partial charge < -0.3 is 10.1 Å². The second-order valence-electron chi connectivity index (χ2n) is 3.78. The molecule has 0 bridgehead atoms. The van der Waals surface area contributed by atoms with Crippen molar-refractivity contribution in [3.63, 3.8) is 0 Å². The second-order valence-corrected chi connectivity index (χ2v) is 4.82. The highest BCUT2D eigenvalue weighted by atomic mass is 32.1. The van der Waals surface area contributed by atoms with Crippen LogP contribution in [-0.4, -0.2) is 12.5 Å². The van der Waals surface area contributed by atoms with Crippen molar-refractivity contribution in [2.24, 2.45) is 0 Å². The molecule has 4 heteroatoms. The number of nitrogens with one attached hydrogen (secondary N) is 1.